The van der Waals surface area contributed by atoms with Gasteiger partial charge in [0.2, 0.25) is 5.88 Å². The predicted molar refractivity (Wildman–Crippen MR) is 56.8 cm³/mol. The number of amides is 1. The first-order chi connectivity index (χ1) is 9.55. The third-order valence-corrected chi connectivity index (χ3v) is 1.73. The van der Waals surface area contributed by atoms with Gasteiger partial charge in [-0.25, -0.2) is 9.78 Å². The Hall–Kier alpha value is -2.20. The zero-order chi connectivity index (χ0) is 16.1. The molecule has 0 aromatic carbocycles. The van der Waals surface area contributed by atoms with Gasteiger partial charge in [0.25, 0.3) is 0 Å². The molecular weight excluding hydrogens is 310 g/mol. The molecule has 1 rings (SSSR count). The second-order valence-electron chi connectivity index (χ2n) is 3.61. The summed E-state index contributed by atoms with van der Waals surface area (Å²) in [6.07, 6.45) is -9.66. The van der Waals surface area contributed by atoms with Crippen LogP contribution in [0.15, 0.2) is 18.3 Å². The van der Waals surface area contributed by atoms with Gasteiger partial charge in [-0.15, -0.1) is 0 Å². The summed E-state index contributed by atoms with van der Waals surface area (Å²) in [7, 11) is 0. The highest BCUT2D eigenvalue weighted by atomic mass is 19.4. The van der Waals surface area contributed by atoms with Crippen molar-refractivity contribution in [3.8, 4) is 5.88 Å². The van der Waals surface area contributed by atoms with E-state index in [4.69, 9.17) is 0 Å². The van der Waals surface area contributed by atoms with E-state index in [0.717, 1.165) is 18.3 Å². The molecule has 0 aliphatic carbocycles. The summed E-state index contributed by atoms with van der Waals surface area (Å²) in [6, 6.07) is 2.10. The summed E-state index contributed by atoms with van der Waals surface area (Å²) in [4.78, 5) is 14.4. The molecule has 21 heavy (non-hydrogen) atoms. The Bertz CT molecular complexity index is 471. The standard InChI is InChI=1S/C10H8F6N2O3/c11-9(12,13)4-20-7-2-1-6(3-17-7)18-8(19)21-5-10(14,15)16/h1-3H,4-5H2,(H,18,19). The predicted octanol–water partition coefficient (Wildman–Crippen LogP) is 3.13. The molecular formula is C10H8F6N2O3. The van der Waals surface area contributed by atoms with E-state index in [-0.39, 0.29) is 11.6 Å². The Morgan fingerprint density at radius 1 is 1.10 bits per heavy atom. The number of carbonyl (C=O) groups excluding carboxylic acids is 1. The molecule has 1 amide bonds. The summed E-state index contributed by atoms with van der Waals surface area (Å²) < 4.78 is 79.0. The fraction of sp³-hybridized carbons (Fsp3) is 0.400. The van der Waals surface area contributed by atoms with Crippen molar-refractivity contribution in [1.82, 2.24) is 4.98 Å². The van der Waals surface area contributed by atoms with Crippen LogP contribution < -0.4 is 10.1 Å². The molecule has 0 saturated carbocycles. The largest absolute Gasteiger partial charge is 0.468 e. The van der Waals surface area contributed by atoms with Crippen LogP contribution in [0.25, 0.3) is 0 Å². The van der Waals surface area contributed by atoms with Gasteiger partial charge in [-0.05, 0) is 6.07 Å². The monoisotopic (exact) mass is 318 g/mol. The number of nitrogens with zero attached hydrogens (tertiary/aromatic N) is 1. The number of alkyl halides is 6. The van der Waals surface area contributed by atoms with Crippen LogP contribution in [0, 0.1) is 0 Å². The minimum absolute atomic E-state index is 0.0680. The fourth-order valence-electron chi connectivity index (χ4n) is 0.997. The van der Waals surface area contributed by atoms with Crippen molar-refractivity contribution in [2.24, 2.45) is 0 Å². The molecule has 0 aliphatic heterocycles. The highest BCUT2D eigenvalue weighted by molar-refractivity contribution is 5.84. The molecule has 1 heterocycles. The maximum absolute atomic E-state index is 11.9. The summed E-state index contributed by atoms with van der Waals surface area (Å²) in [5.41, 5.74) is -0.0680. The van der Waals surface area contributed by atoms with Gasteiger partial charge in [-0.2, -0.15) is 26.3 Å². The molecule has 1 aromatic rings. The topological polar surface area (TPSA) is 60.5 Å². The first-order valence-corrected chi connectivity index (χ1v) is 5.21. The Labute approximate surface area is 113 Å². The van der Waals surface area contributed by atoms with Crippen LogP contribution in [-0.2, 0) is 4.74 Å². The zero-order valence-electron chi connectivity index (χ0n) is 10.1. The van der Waals surface area contributed by atoms with Crippen LogP contribution in [0.3, 0.4) is 0 Å². The number of anilines is 1. The smallest absolute Gasteiger partial charge is 0.422 e. The Morgan fingerprint density at radius 2 is 1.71 bits per heavy atom. The Morgan fingerprint density at radius 3 is 2.19 bits per heavy atom. The minimum atomic E-state index is -4.66. The number of hydrogen-bond donors (Lipinski definition) is 1. The lowest BCUT2D eigenvalue weighted by atomic mass is 10.4. The van der Waals surface area contributed by atoms with E-state index < -0.39 is 31.7 Å². The van der Waals surface area contributed by atoms with Crippen molar-refractivity contribution in [2.75, 3.05) is 18.5 Å². The molecule has 0 radical (unpaired) electrons. The third kappa shape index (κ3) is 7.84. The molecule has 0 bridgehead atoms. The van der Waals surface area contributed by atoms with Gasteiger partial charge >= 0.3 is 18.4 Å². The highest BCUT2D eigenvalue weighted by Gasteiger charge is 2.30. The summed E-state index contributed by atoms with van der Waals surface area (Å²) >= 11 is 0. The average Bonchev–Trinajstić information content (AvgIpc) is 2.34. The average molecular weight is 318 g/mol. The lowest BCUT2D eigenvalue weighted by Gasteiger charge is -2.10. The summed E-state index contributed by atoms with van der Waals surface area (Å²) in [5, 5.41) is 1.91. The highest BCUT2D eigenvalue weighted by Crippen LogP contribution is 2.18. The number of halogens is 6. The van der Waals surface area contributed by atoms with Gasteiger partial charge in [0.1, 0.15) is 0 Å². The first kappa shape index (κ1) is 16.9. The van der Waals surface area contributed by atoms with Gasteiger partial charge in [-0.3, -0.25) is 5.32 Å². The number of rotatable bonds is 4. The molecule has 0 aliphatic rings. The molecule has 0 fully saturated rings. The van der Waals surface area contributed by atoms with Crippen molar-refractivity contribution < 1.29 is 40.6 Å². The number of hydrogen-bond acceptors (Lipinski definition) is 4. The van der Waals surface area contributed by atoms with E-state index in [2.05, 4.69) is 14.5 Å². The lowest BCUT2D eigenvalue weighted by Crippen LogP contribution is -2.23. The third-order valence-electron chi connectivity index (χ3n) is 1.73. The number of ether oxygens (including phenoxy) is 2. The SMILES string of the molecule is O=C(Nc1ccc(OCC(F)(F)F)nc1)OCC(F)(F)F. The van der Waals surface area contributed by atoms with Crippen LogP contribution in [-0.4, -0.2) is 36.6 Å². The molecule has 118 valence electrons. The van der Waals surface area contributed by atoms with E-state index in [1.165, 1.54) is 0 Å². The number of nitrogens with one attached hydrogen (secondary N) is 1. The van der Waals surface area contributed by atoms with Crippen LogP contribution in [0.2, 0.25) is 0 Å². The van der Waals surface area contributed by atoms with Gasteiger partial charge < -0.3 is 9.47 Å². The van der Waals surface area contributed by atoms with Crippen molar-refractivity contribution in [3.63, 3.8) is 0 Å². The normalized spacial score (nSPS) is 11.9. The molecule has 5 nitrogen and oxygen atoms in total. The molecule has 0 spiro atoms. The molecule has 1 aromatic heterocycles. The first-order valence-electron chi connectivity index (χ1n) is 5.21. The molecule has 0 saturated heterocycles. The van der Waals surface area contributed by atoms with Gasteiger partial charge in [0.15, 0.2) is 13.2 Å². The quantitative estimate of drug-likeness (QED) is 0.867. The minimum Gasteiger partial charge on any atom is -0.468 e. The van der Waals surface area contributed by atoms with Gasteiger partial charge in [0, 0.05) is 6.07 Å². The molecule has 0 atom stereocenters. The van der Waals surface area contributed by atoms with Crippen LogP contribution in [0.4, 0.5) is 36.8 Å². The van der Waals surface area contributed by atoms with Gasteiger partial charge in [0.05, 0.1) is 11.9 Å². The molecule has 0 unspecified atom stereocenters. The zero-order valence-corrected chi connectivity index (χ0v) is 10.1. The number of carbonyl (C=O) groups is 1. The lowest BCUT2D eigenvalue weighted by molar-refractivity contribution is -0.159. The van der Waals surface area contributed by atoms with Crippen molar-refractivity contribution in [2.45, 2.75) is 12.4 Å². The van der Waals surface area contributed by atoms with Crippen molar-refractivity contribution >= 4 is 11.8 Å². The van der Waals surface area contributed by atoms with E-state index in [0.29, 0.717) is 0 Å². The Kier molecular flexibility index (Phi) is 5.22. The van der Waals surface area contributed by atoms with Crippen LogP contribution in [0.1, 0.15) is 0 Å². The maximum Gasteiger partial charge on any atom is 0.422 e. The molecule has 11 heteroatoms. The van der Waals surface area contributed by atoms with Gasteiger partial charge in [-0.1, -0.05) is 0 Å². The maximum atomic E-state index is 11.9. The number of pyridine rings is 1. The van der Waals surface area contributed by atoms with E-state index in [1.54, 1.807) is 0 Å². The van der Waals surface area contributed by atoms with E-state index in [9.17, 15) is 31.1 Å². The second-order valence-corrected chi connectivity index (χ2v) is 3.61. The molecule has 1 N–H and O–H groups in total. The van der Waals surface area contributed by atoms with Crippen molar-refractivity contribution in [1.29, 1.82) is 0 Å². The Balaban J connectivity index is 2.45. The van der Waals surface area contributed by atoms with Crippen molar-refractivity contribution in [3.05, 3.63) is 18.3 Å². The fourth-order valence-corrected chi connectivity index (χ4v) is 0.997. The van der Waals surface area contributed by atoms with E-state index in [1.807, 2.05) is 5.32 Å². The van der Waals surface area contributed by atoms with Crippen LogP contribution in [0.5, 0.6) is 5.88 Å². The van der Waals surface area contributed by atoms with E-state index >= 15 is 0 Å². The summed E-state index contributed by atoms with van der Waals surface area (Å²) in [5.74, 6) is -0.360. The summed E-state index contributed by atoms with van der Waals surface area (Å²) in [6.45, 7) is -3.31. The second kappa shape index (κ2) is 6.50. The van der Waals surface area contributed by atoms with Crippen LogP contribution >= 0.6 is 0 Å². The number of aromatic nitrogens is 1.